The van der Waals surface area contributed by atoms with Gasteiger partial charge in [-0.05, 0) is 49.4 Å². The number of fused-ring (bicyclic) bond motifs is 2. The highest BCUT2D eigenvalue weighted by atomic mass is 16.3. The number of hydrogen-bond acceptors (Lipinski definition) is 5. The fraction of sp³-hybridized carbons (Fsp3) is 0.400. The van der Waals surface area contributed by atoms with Crippen LogP contribution >= 0.6 is 0 Å². The van der Waals surface area contributed by atoms with Crippen LogP contribution in [0.1, 0.15) is 38.2 Å². The Morgan fingerprint density at radius 1 is 1.33 bits per heavy atom. The smallest absolute Gasteiger partial charge is 0.224 e. The van der Waals surface area contributed by atoms with Gasteiger partial charge in [0, 0.05) is 41.5 Å². The first-order valence-corrected chi connectivity index (χ1v) is 9.47. The number of nitrogens with zero attached hydrogens (tertiary/aromatic N) is 4. The fourth-order valence-electron chi connectivity index (χ4n) is 4.00. The van der Waals surface area contributed by atoms with Crippen molar-refractivity contribution < 1.29 is 9.80 Å². The van der Waals surface area contributed by atoms with Crippen molar-refractivity contribution in [2.45, 2.75) is 50.3 Å². The highest BCUT2D eigenvalue weighted by Gasteiger charge is 2.29. The molecule has 27 heavy (non-hydrogen) atoms. The van der Waals surface area contributed by atoms with Crippen LogP contribution in [0, 0.1) is 0 Å². The Morgan fingerprint density at radius 2 is 2.19 bits per heavy atom. The van der Waals surface area contributed by atoms with Crippen molar-refractivity contribution in [1.82, 2.24) is 15.0 Å². The molecule has 138 valence electrons. The molecule has 2 aromatic rings. The summed E-state index contributed by atoms with van der Waals surface area (Å²) < 4.78 is 1.93. The third-order valence-electron chi connectivity index (χ3n) is 5.68. The molecule has 4 heterocycles. The maximum absolute atomic E-state index is 10.1. The van der Waals surface area contributed by atoms with Crippen LogP contribution in [0.15, 0.2) is 48.1 Å². The van der Waals surface area contributed by atoms with Crippen LogP contribution in [-0.2, 0) is 0 Å². The molecule has 7 heteroatoms. The lowest BCUT2D eigenvalue weighted by Gasteiger charge is -2.33. The Hall–Kier alpha value is -2.80. The van der Waals surface area contributed by atoms with E-state index in [-0.39, 0.29) is 6.04 Å². The van der Waals surface area contributed by atoms with E-state index < -0.39 is 5.60 Å². The zero-order valence-corrected chi connectivity index (χ0v) is 15.3. The van der Waals surface area contributed by atoms with Gasteiger partial charge in [0.25, 0.3) is 0 Å². The standard InChI is InChI=1S/C20H22N6O/c1-20(27)6-2-14(3-7-20)24-19-22-12-17-16(11-21-18(17)25-19)13-5-9-26-15(10-13)4-8-23-26/h4-5,8-12,14-15,23,27H,2-3,6-7H2,1H3/p+1. The van der Waals surface area contributed by atoms with Crippen LogP contribution in [0.2, 0.25) is 0 Å². The topological polar surface area (TPSA) is 89.2 Å². The molecular formula is C20H23N6O+. The summed E-state index contributed by atoms with van der Waals surface area (Å²) >= 11 is 0. The van der Waals surface area contributed by atoms with E-state index in [1.165, 1.54) is 0 Å². The molecule has 1 aliphatic carbocycles. The third kappa shape index (κ3) is 3.08. The molecule has 0 aromatic carbocycles. The van der Waals surface area contributed by atoms with Gasteiger partial charge in [0.2, 0.25) is 12.0 Å². The Balaban J connectivity index is 1.37. The molecule has 1 atom stereocenters. The first-order valence-electron chi connectivity index (χ1n) is 9.47. The van der Waals surface area contributed by atoms with E-state index >= 15 is 0 Å². The van der Waals surface area contributed by atoms with Crippen molar-refractivity contribution in [2.75, 3.05) is 5.32 Å². The first kappa shape index (κ1) is 16.4. The van der Waals surface area contributed by atoms with Gasteiger partial charge in [0.1, 0.15) is 5.65 Å². The Labute approximate surface area is 157 Å². The van der Waals surface area contributed by atoms with Crippen LogP contribution in [0.25, 0.3) is 16.6 Å². The molecule has 2 aliphatic heterocycles. The maximum atomic E-state index is 10.1. The zero-order valence-electron chi connectivity index (χ0n) is 15.3. The Bertz CT molecular complexity index is 1000. The minimum absolute atomic E-state index is 0.181. The van der Waals surface area contributed by atoms with Gasteiger partial charge < -0.3 is 15.4 Å². The SMILES string of the molecule is CC1(O)CCC(Nc2ncc3c(C4=CC5C=CN=[N+]5C=C4)c[nH]c3n2)CC1. The lowest BCUT2D eigenvalue weighted by atomic mass is 9.84. The molecule has 1 unspecified atom stereocenters. The minimum Gasteiger partial charge on any atom is -0.390 e. The second-order valence-electron chi connectivity index (χ2n) is 7.84. The van der Waals surface area contributed by atoms with E-state index in [2.05, 4.69) is 43.6 Å². The molecule has 0 bridgehead atoms. The number of aromatic amines is 1. The van der Waals surface area contributed by atoms with Gasteiger partial charge in [-0.15, -0.1) is 0 Å². The van der Waals surface area contributed by atoms with Crippen LogP contribution in [0.3, 0.4) is 0 Å². The second kappa shape index (κ2) is 6.13. The molecule has 1 fully saturated rings. The minimum atomic E-state index is -0.532. The molecule has 3 N–H and O–H groups in total. The summed E-state index contributed by atoms with van der Waals surface area (Å²) in [5.74, 6) is 0.638. The fourth-order valence-corrected chi connectivity index (χ4v) is 4.00. The summed E-state index contributed by atoms with van der Waals surface area (Å²) in [7, 11) is 0. The molecule has 0 amide bonds. The van der Waals surface area contributed by atoms with Gasteiger partial charge in [-0.2, -0.15) is 4.98 Å². The highest BCUT2D eigenvalue weighted by molar-refractivity contribution is 5.93. The number of rotatable bonds is 3. The number of anilines is 1. The summed E-state index contributed by atoms with van der Waals surface area (Å²) in [5.41, 5.74) is 2.54. The lowest BCUT2D eigenvalue weighted by Crippen LogP contribution is -2.36. The van der Waals surface area contributed by atoms with Crippen LogP contribution in [-0.4, -0.2) is 42.4 Å². The normalized spacial score (nSPS) is 29.6. The summed E-state index contributed by atoms with van der Waals surface area (Å²) in [5, 5.41) is 18.8. The van der Waals surface area contributed by atoms with E-state index in [4.69, 9.17) is 0 Å². The quantitative estimate of drug-likeness (QED) is 0.730. The second-order valence-corrected chi connectivity index (χ2v) is 7.84. The van der Waals surface area contributed by atoms with Crippen LogP contribution in [0.5, 0.6) is 0 Å². The van der Waals surface area contributed by atoms with Gasteiger partial charge in [0.15, 0.2) is 6.20 Å². The zero-order chi connectivity index (χ0) is 18.4. The lowest BCUT2D eigenvalue weighted by molar-refractivity contribution is -0.535. The number of allylic oxidation sites excluding steroid dienone is 2. The molecule has 3 aliphatic rings. The third-order valence-corrected chi connectivity index (χ3v) is 5.68. The number of hydrogen-bond donors (Lipinski definition) is 3. The van der Waals surface area contributed by atoms with Crippen molar-refractivity contribution in [2.24, 2.45) is 5.11 Å². The van der Waals surface area contributed by atoms with Crippen molar-refractivity contribution in [3.8, 4) is 0 Å². The number of aliphatic hydroxyl groups is 1. The number of azo groups is 2. The summed E-state index contributed by atoms with van der Waals surface area (Å²) in [6.07, 6.45) is 17.5. The van der Waals surface area contributed by atoms with Gasteiger partial charge in [-0.3, -0.25) is 0 Å². The van der Waals surface area contributed by atoms with E-state index in [1.807, 2.05) is 36.4 Å². The van der Waals surface area contributed by atoms with Crippen LogP contribution < -0.4 is 5.32 Å². The van der Waals surface area contributed by atoms with Gasteiger partial charge in [-0.1, -0.05) is 4.70 Å². The van der Waals surface area contributed by atoms with Crippen molar-refractivity contribution >= 4 is 22.6 Å². The molecule has 0 radical (unpaired) electrons. The van der Waals surface area contributed by atoms with Crippen molar-refractivity contribution in [3.63, 3.8) is 0 Å². The molecule has 7 nitrogen and oxygen atoms in total. The van der Waals surface area contributed by atoms with E-state index in [0.29, 0.717) is 12.0 Å². The average Bonchev–Trinajstić information content (AvgIpc) is 3.29. The summed E-state index contributed by atoms with van der Waals surface area (Å²) in [4.78, 5) is 12.5. The van der Waals surface area contributed by atoms with E-state index in [1.54, 1.807) is 0 Å². The molecule has 0 saturated heterocycles. The monoisotopic (exact) mass is 363 g/mol. The summed E-state index contributed by atoms with van der Waals surface area (Å²) in [6.45, 7) is 1.91. The number of nitrogens with one attached hydrogen (secondary N) is 2. The van der Waals surface area contributed by atoms with Crippen LogP contribution in [0.4, 0.5) is 5.95 Å². The van der Waals surface area contributed by atoms with Gasteiger partial charge in [0.05, 0.1) is 11.8 Å². The molecule has 1 saturated carbocycles. The van der Waals surface area contributed by atoms with Gasteiger partial charge in [-0.25, -0.2) is 4.98 Å². The molecule has 5 rings (SSSR count). The Morgan fingerprint density at radius 3 is 3.04 bits per heavy atom. The van der Waals surface area contributed by atoms with Crippen molar-refractivity contribution in [3.05, 3.63) is 48.6 Å². The molecule has 2 aromatic heterocycles. The Kier molecular flexibility index (Phi) is 3.72. The van der Waals surface area contributed by atoms with Crippen molar-refractivity contribution in [1.29, 1.82) is 0 Å². The maximum Gasteiger partial charge on any atom is 0.224 e. The van der Waals surface area contributed by atoms with Gasteiger partial charge >= 0.3 is 0 Å². The molecular weight excluding hydrogens is 340 g/mol. The predicted molar refractivity (Wildman–Crippen MR) is 103 cm³/mol. The number of H-pyrrole nitrogens is 1. The largest absolute Gasteiger partial charge is 0.390 e. The van der Waals surface area contributed by atoms with E-state index in [0.717, 1.165) is 47.9 Å². The first-order chi connectivity index (χ1) is 13.1. The van der Waals surface area contributed by atoms with E-state index in [9.17, 15) is 5.11 Å². The summed E-state index contributed by atoms with van der Waals surface area (Å²) in [6, 6.07) is 0.491. The average molecular weight is 363 g/mol. The number of aromatic nitrogens is 3. The highest BCUT2D eigenvalue weighted by Crippen LogP contribution is 2.31. The molecule has 0 spiro atoms. The predicted octanol–water partition coefficient (Wildman–Crippen LogP) is 3.33.